The molecule has 1 aliphatic rings. The molecule has 0 unspecified atom stereocenters. The Morgan fingerprint density at radius 1 is 1.15 bits per heavy atom. The van der Waals surface area contributed by atoms with Gasteiger partial charge in [0.1, 0.15) is 0 Å². The van der Waals surface area contributed by atoms with Gasteiger partial charge in [0.2, 0.25) is 0 Å². The van der Waals surface area contributed by atoms with E-state index in [4.69, 9.17) is 0 Å². The van der Waals surface area contributed by atoms with Gasteiger partial charge in [-0.05, 0) is 36.9 Å². The van der Waals surface area contributed by atoms with Crippen molar-refractivity contribution in [2.75, 3.05) is 26.2 Å². The fourth-order valence-corrected chi connectivity index (χ4v) is 4.60. The zero-order chi connectivity index (χ0) is 18.1. The average molecular weight is 369 g/mol. The number of hydrogen-bond donors (Lipinski definition) is 0. The zero-order valence-electron chi connectivity index (χ0n) is 15.3. The minimum absolute atomic E-state index is 0.0532. The first-order valence-corrected chi connectivity index (χ1v) is 9.91. The minimum Gasteiger partial charge on any atom is -0.336 e. The van der Waals surface area contributed by atoms with Crippen LogP contribution in [0.25, 0.3) is 10.1 Å². The van der Waals surface area contributed by atoms with Crippen LogP contribution in [0, 0.1) is 6.92 Å². The van der Waals surface area contributed by atoms with Crippen LogP contribution in [0.15, 0.2) is 36.4 Å². The summed E-state index contributed by atoms with van der Waals surface area (Å²) in [6, 6.07) is 12.7. The summed E-state index contributed by atoms with van der Waals surface area (Å²) in [4.78, 5) is 18.5. The van der Waals surface area contributed by atoms with Gasteiger partial charge in [0.05, 0.1) is 0 Å². The van der Waals surface area contributed by atoms with Crippen molar-refractivity contribution in [2.45, 2.75) is 19.9 Å². The Bertz CT molecular complexity index is 876. The largest absolute Gasteiger partial charge is 0.336 e. The third-order valence-corrected chi connectivity index (χ3v) is 6.17. The Kier molecular flexibility index (Phi) is 4.78. The van der Waals surface area contributed by atoms with Crippen molar-refractivity contribution >= 4 is 27.3 Å². The molecule has 1 saturated heterocycles. The van der Waals surface area contributed by atoms with E-state index in [1.807, 2.05) is 36.3 Å². The van der Waals surface area contributed by atoms with Crippen molar-refractivity contribution in [3.05, 3.63) is 52.7 Å². The van der Waals surface area contributed by atoms with Crippen LogP contribution < -0.4 is 0 Å². The van der Waals surface area contributed by atoms with Gasteiger partial charge >= 0.3 is 0 Å². The second kappa shape index (κ2) is 7.21. The highest BCUT2D eigenvalue weighted by Crippen LogP contribution is 2.26. The number of nitrogens with zero attached hydrogens (tertiary/aromatic N) is 4. The van der Waals surface area contributed by atoms with Crippen LogP contribution in [0.1, 0.15) is 27.5 Å². The summed E-state index contributed by atoms with van der Waals surface area (Å²) in [5, 5.41) is 5.66. The van der Waals surface area contributed by atoms with Crippen molar-refractivity contribution in [1.82, 2.24) is 19.6 Å². The summed E-state index contributed by atoms with van der Waals surface area (Å²) < 4.78 is 3.11. The number of rotatable bonds is 3. The molecule has 0 aliphatic carbocycles. The fourth-order valence-electron chi connectivity index (χ4n) is 3.49. The first-order chi connectivity index (χ1) is 12.6. The predicted octanol–water partition coefficient (Wildman–Crippen LogP) is 3.29. The van der Waals surface area contributed by atoms with E-state index in [1.165, 1.54) is 15.0 Å². The maximum absolute atomic E-state index is 12.7. The van der Waals surface area contributed by atoms with Gasteiger partial charge in [0.25, 0.3) is 5.91 Å². The lowest BCUT2D eigenvalue weighted by Crippen LogP contribution is -2.35. The lowest BCUT2D eigenvalue weighted by atomic mass is 10.2. The second-order valence-corrected chi connectivity index (χ2v) is 8.14. The fraction of sp³-hybridized carbons (Fsp3) is 0.400. The molecule has 0 saturated carbocycles. The molecule has 0 spiro atoms. The van der Waals surface area contributed by atoms with Crippen LogP contribution >= 0.6 is 11.3 Å². The summed E-state index contributed by atoms with van der Waals surface area (Å²) in [5.41, 5.74) is 1.57. The maximum Gasteiger partial charge on any atom is 0.274 e. The number of benzene rings is 1. The Morgan fingerprint density at radius 3 is 2.77 bits per heavy atom. The number of aryl methyl sites for hydroxylation is 2. The molecule has 2 aromatic heterocycles. The highest BCUT2D eigenvalue weighted by atomic mass is 32.1. The molecule has 4 rings (SSSR count). The van der Waals surface area contributed by atoms with Gasteiger partial charge in [-0.25, -0.2) is 0 Å². The lowest BCUT2D eigenvalue weighted by molar-refractivity contribution is 0.0754. The minimum atomic E-state index is 0.0532. The molecule has 1 amide bonds. The smallest absolute Gasteiger partial charge is 0.274 e. The van der Waals surface area contributed by atoms with Crippen LogP contribution in [0.4, 0.5) is 0 Å². The molecule has 26 heavy (non-hydrogen) atoms. The Hall–Kier alpha value is -2.18. The number of aromatic nitrogens is 2. The van der Waals surface area contributed by atoms with E-state index in [9.17, 15) is 4.79 Å². The number of hydrogen-bond acceptors (Lipinski definition) is 4. The Morgan fingerprint density at radius 2 is 2.00 bits per heavy atom. The molecule has 5 nitrogen and oxygen atoms in total. The van der Waals surface area contributed by atoms with E-state index in [0.717, 1.165) is 44.8 Å². The van der Waals surface area contributed by atoms with Crippen LogP contribution in [0.3, 0.4) is 0 Å². The van der Waals surface area contributed by atoms with E-state index in [0.29, 0.717) is 5.69 Å². The first kappa shape index (κ1) is 17.2. The van der Waals surface area contributed by atoms with Gasteiger partial charge in [-0.3, -0.25) is 14.4 Å². The quantitative estimate of drug-likeness (QED) is 0.712. The summed E-state index contributed by atoms with van der Waals surface area (Å²) in [7, 11) is 1.88. The Labute approximate surface area is 157 Å². The van der Waals surface area contributed by atoms with E-state index in [2.05, 4.69) is 40.3 Å². The highest BCUT2D eigenvalue weighted by Gasteiger charge is 2.22. The van der Waals surface area contributed by atoms with Crippen LogP contribution in [0.5, 0.6) is 0 Å². The third-order valence-electron chi connectivity index (χ3n) is 5.06. The van der Waals surface area contributed by atoms with E-state index in [-0.39, 0.29) is 5.91 Å². The number of amides is 1. The average Bonchev–Trinajstić information content (AvgIpc) is 3.10. The summed E-state index contributed by atoms with van der Waals surface area (Å²) in [6.45, 7) is 6.44. The molecule has 1 aliphatic heterocycles. The molecule has 6 heteroatoms. The molecular formula is C20H24N4OS. The highest BCUT2D eigenvalue weighted by molar-refractivity contribution is 7.19. The number of carbonyl (C=O) groups is 1. The summed E-state index contributed by atoms with van der Waals surface area (Å²) in [5.74, 6) is 0.0532. The van der Waals surface area contributed by atoms with Gasteiger partial charge in [-0.1, -0.05) is 18.2 Å². The topological polar surface area (TPSA) is 41.4 Å². The predicted molar refractivity (Wildman–Crippen MR) is 106 cm³/mol. The standard InChI is InChI=1S/C20H24N4OS/c1-15-12-18(21-22(15)2)20(25)24-9-5-8-23(10-11-24)14-17-13-16-6-3-4-7-19(16)26-17/h3-4,6-7,12-13H,5,8-11,14H2,1-2H3. The molecule has 1 aromatic carbocycles. The summed E-state index contributed by atoms with van der Waals surface area (Å²) >= 11 is 1.87. The van der Waals surface area contributed by atoms with Gasteiger partial charge in [0.15, 0.2) is 5.69 Å². The van der Waals surface area contributed by atoms with Gasteiger partial charge < -0.3 is 4.90 Å². The molecule has 0 radical (unpaired) electrons. The second-order valence-electron chi connectivity index (χ2n) is 6.97. The molecule has 0 bridgehead atoms. The van der Waals surface area contributed by atoms with Crippen molar-refractivity contribution in [3.63, 3.8) is 0 Å². The maximum atomic E-state index is 12.7. The van der Waals surface area contributed by atoms with Crippen LogP contribution in [-0.4, -0.2) is 51.7 Å². The van der Waals surface area contributed by atoms with Crippen molar-refractivity contribution in [3.8, 4) is 0 Å². The number of carbonyl (C=O) groups excluding carboxylic acids is 1. The molecule has 0 N–H and O–H groups in total. The van der Waals surface area contributed by atoms with Gasteiger partial charge in [0, 0.05) is 55.0 Å². The van der Waals surface area contributed by atoms with Crippen molar-refractivity contribution in [2.24, 2.45) is 7.05 Å². The molecule has 136 valence electrons. The van der Waals surface area contributed by atoms with Crippen LogP contribution in [-0.2, 0) is 13.6 Å². The molecule has 3 heterocycles. The number of fused-ring (bicyclic) bond motifs is 1. The zero-order valence-corrected chi connectivity index (χ0v) is 16.1. The van der Waals surface area contributed by atoms with E-state index >= 15 is 0 Å². The molecule has 3 aromatic rings. The molecule has 1 fully saturated rings. The van der Waals surface area contributed by atoms with Crippen LogP contribution in [0.2, 0.25) is 0 Å². The lowest BCUT2D eigenvalue weighted by Gasteiger charge is -2.21. The molecular weight excluding hydrogens is 344 g/mol. The van der Waals surface area contributed by atoms with Crippen molar-refractivity contribution in [1.29, 1.82) is 0 Å². The van der Waals surface area contributed by atoms with Gasteiger partial charge in [-0.15, -0.1) is 11.3 Å². The first-order valence-electron chi connectivity index (χ1n) is 9.10. The van der Waals surface area contributed by atoms with Gasteiger partial charge in [-0.2, -0.15) is 5.10 Å². The third kappa shape index (κ3) is 3.52. The molecule has 0 atom stereocenters. The van der Waals surface area contributed by atoms with E-state index in [1.54, 1.807) is 4.68 Å². The van der Waals surface area contributed by atoms with E-state index < -0.39 is 0 Å². The SMILES string of the molecule is Cc1cc(C(=O)N2CCCN(Cc3cc4ccccc4s3)CC2)nn1C. The van der Waals surface area contributed by atoms with Crippen molar-refractivity contribution < 1.29 is 4.79 Å². The number of thiophene rings is 1. The summed E-state index contributed by atoms with van der Waals surface area (Å²) in [6.07, 6.45) is 1.00. The normalized spacial score (nSPS) is 16.2. The monoisotopic (exact) mass is 368 g/mol. The Balaban J connectivity index is 1.40.